The Kier molecular flexibility index (Phi) is 3.68. The first-order valence-corrected chi connectivity index (χ1v) is 7.16. The van der Waals surface area contributed by atoms with Gasteiger partial charge >= 0.3 is 0 Å². The van der Waals surface area contributed by atoms with Crippen LogP contribution in [0.2, 0.25) is 10.0 Å². The lowest BCUT2D eigenvalue weighted by Crippen LogP contribution is -2.33. The van der Waals surface area contributed by atoms with Gasteiger partial charge in [0.25, 0.3) is 0 Å². The van der Waals surface area contributed by atoms with Gasteiger partial charge in [0, 0.05) is 37.6 Å². The third-order valence-electron chi connectivity index (χ3n) is 3.44. The number of H-pyrrole nitrogens is 1. The smallest absolute Gasteiger partial charge is 0.151 e. The van der Waals surface area contributed by atoms with Crippen LogP contribution in [0.1, 0.15) is 12.8 Å². The number of hydrogen-bond acceptors (Lipinski definition) is 3. The quantitative estimate of drug-likeness (QED) is 0.923. The number of aromatic nitrogens is 2. The Hall–Kier alpha value is -1.52. The van der Waals surface area contributed by atoms with Crippen molar-refractivity contribution in [3.05, 3.63) is 34.3 Å². The highest BCUT2D eigenvalue weighted by Gasteiger charge is 2.18. The molecular weight excluding hydrogens is 297 g/mol. The Labute approximate surface area is 126 Å². The van der Waals surface area contributed by atoms with Crippen molar-refractivity contribution in [2.75, 3.05) is 18.0 Å². The first-order chi connectivity index (χ1) is 9.63. The topological polar surface area (TPSA) is 49.0 Å². The minimum Gasteiger partial charge on any atom is -0.354 e. The van der Waals surface area contributed by atoms with Gasteiger partial charge in [-0.1, -0.05) is 29.3 Å². The molecule has 0 amide bonds. The Morgan fingerprint density at radius 3 is 2.55 bits per heavy atom. The van der Waals surface area contributed by atoms with E-state index in [2.05, 4.69) is 15.1 Å². The number of rotatable bonds is 2. The normalized spacial score (nSPS) is 15.7. The largest absolute Gasteiger partial charge is 0.354 e. The molecule has 0 aliphatic carbocycles. The fourth-order valence-corrected chi connectivity index (χ4v) is 2.57. The van der Waals surface area contributed by atoms with Gasteiger partial charge in [-0.2, -0.15) is 5.10 Å². The lowest BCUT2D eigenvalue weighted by Gasteiger charge is -2.25. The van der Waals surface area contributed by atoms with Gasteiger partial charge in [-0.3, -0.25) is 9.89 Å². The average Bonchev–Trinajstić information content (AvgIpc) is 2.92. The highest BCUT2D eigenvalue weighted by atomic mass is 35.5. The summed E-state index contributed by atoms with van der Waals surface area (Å²) in [5.74, 6) is 1.18. The maximum atomic E-state index is 11.3. The molecule has 1 aliphatic heterocycles. The van der Waals surface area contributed by atoms with Gasteiger partial charge in [0.05, 0.1) is 15.7 Å². The first-order valence-electron chi connectivity index (χ1n) is 6.41. The van der Waals surface area contributed by atoms with Gasteiger partial charge in [0.15, 0.2) is 5.82 Å². The summed E-state index contributed by atoms with van der Waals surface area (Å²) < 4.78 is 0. The average molecular weight is 310 g/mol. The Balaban J connectivity index is 1.82. The Morgan fingerprint density at radius 2 is 1.85 bits per heavy atom. The molecular formula is C14H13Cl2N3O. The van der Waals surface area contributed by atoms with E-state index in [1.807, 2.05) is 12.1 Å². The van der Waals surface area contributed by atoms with E-state index in [0.29, 0.717) is 28.7 Å². The number of carbonyl (C=O) groups is 1. The van der Waals surface area contributed by atoms with Gasteiger partial charge in [0.2, 0.25) is 0 Å². The number of carbonyl (C=O) groups excluding carboxylic acids is 1. The molecule has 1 N–H and O–H groups in total. The molecule has 0 spiro atoms. The van der Waals surface area contributed by atoms with Crippen LogP contribution in [0.3, 0.4) is 0 Å². The molecule has 1 saturated heterocycles. The lowest BCUT2D eigenvalue weighted by molar-refractivity contribution is -0.119. The molecule has 0 unspecified atom stereocenters. The summed E-state index contributed by atoms with van der Waals surface area (Å²) in [6, 6.07) is 7.43. The van der Waals surface area contributed by atoms with Crippen molar-refractivity contribution < 1.29 is 4.79 Å². The van der Waals surface area contributed by atoms with Crippen LogP contribution >= 0.6 is 23.2 Å². The monoisotopic (exact) mass is 309 g/mol. The molecule has 1 aromatic heterocycles. The molecule has 3 rings (SSSR count). The zero-order chi connectivity index (χ0) is 14.1. The van der Waals surface area contributed by atoms with E-state index in [1.165, 1.54) is 0 Å². The SMILES string of the molecule is O=C1CCN(c2cc(-c3ccc(Cl)c(Cl)c3)[nH]n2)CC1. The van der Waals surface area contributed by atoms with Crippen LogP contribution in [0.4, 0.5) is 5.82 Å². The molecule has 1 fully saturated rings. The summed E-state index contributed by atoms with van der Waals surface area (Å²) in [6.45, 7) is 1.45. The number of anilines is 1. The van der Waals surface area contributed by atoms with Crippen LogP contribution in [-0.2, 0) is 4.79 Å². The minimum absolute atomic E-state index is 0.321. The van der Waals surface area contributed by atoms with Crippen LogP contribution in [0, 0.1) is 0 Å². The van der Waals surface area contributed by atoms with Crippen molar-refractivity contribution in [1.29, 1.82) is 0 Å². The van der Waals surface area contributed by atoms with E-state index in [0.717, 1.165) is 30.2 Å². The molecule has 1 aromatic carbocycles. The molecule has 1 aliphatic rings. The van der Waals surface area contributed by atoms with Gasteiger partial charge < -0.3 is 4.90 Å². The van der Waals surface area contributed by atoms with Crippen LogP contribution in [0.5, 0.6) is 0 Å². The summed E-state index contributed by atoms with van der Waals surface area (Å²) in [5, 5.41) is 8.36. The summed E-state index contributed by atoms with van der Waals surface area (Å²) in [5.41, 5.74) is 1.82. The van der Waals surface area contributed by atoms with E-state index in [-0.39, 0.29) is 0 Å². The molecule has 104 valence electrons. The second-order valence-electron chi connectivity index (χ2n) is 4.79. The van der Waals surface area contributed by atoms with Crippen molar-refractivity contribution in [2.24, 2.45) is 0 Å². The highest BCUT2D eigenvalue weighted by molar-refractivity contribution is 6.42. The molecule has 0 bridgehead atoms. The highest BCUT2D eigenvalue weighted by Crippen LogP contribution is 2.29. The van der Waals surface area contributed by atoms with Crippen LogP contribution in [0.25, 0.3) is 11.3 Å². The predicted octanol–water partition coefficient (Wildman–Crippen LogP) is 3.55. The number of nitrogens with zero attached hydrogens (tertiary/aromatic N) is 2. The molecule has 0 saturated carbocycles. The van der Waals surface area contributed by atoms with Gasteiger partial charge in [-0.05, 0) is 12.1 Å². The Morgan fingerprint density at radius 1 is 1.10 bits per heavy atom. The number of hydrogen-bond donors (Lipinski definition) is 1. The summed E-state index contributed by atoms with van der Waals surface area (Å²) in [6.07, 6.45) is 1.18. The second kappa shape index (κ2) is 5.46. The fourth-order valence-electron chi connectivity index (χ4n) is 2.27. The van der Waals surface area contributed by atoms with E-state index in [1.54, 1.807) is 12.1 Å². The number of benzene rings is 1. The molecule has 4 nitrogen and oxygen atoms in total. The van der Waals surface area contributed by atoms with Crippen molar-refractivity contribution in [3.63, 3.8) is 0 Å². The van der Waals surface area contributed by atoms with Crippen LogP contribution < -0.4 is 4.90 Å². The maximum absolute atomic E-state index is 11.3. The predicted molar refractivity (Wildman–Crippen MR) is 80.5 cm³/mol. The maximum Gasteiger partial charge on any atom is 0.151 e. The number of Topliss-reactive ketones (excluding diaryl/α,β-unsaturated/α-hetero) is 1. The van der Waals surface area contributed by atoms with Crippen LogP contribution in [0.15, 0.2) is 24.3 Å². The van der Waals surface area contributed by atoms with Gasteiger partial charge in [-0.15, -0.1) is 0 Å². The van der Waals surface area contributed by atoms with Crippen molar-refractivity contribution in [2.45, 2.75) is 12.8 Å². The number of halogens is 2. The zero-order valence-corrected chi connectivity index (χ0v) is 12.2. The number of ketones is 1. The summed E-state index contributed by atoms with van der Waals surface area (Å²) in [4.78, 5) is 13.4. The van der Waals surface area contributed by atoms with E-state index in [4.69, 9.17) is 23.2 Å². The number of piperidine rings is 1. The van der Waals surface area contributed by atoms with E-state index in [9.17, 15) is 4.79 Å². The second-order valence-corrected chi connectivity index (χ2v) is 5.61. The zero-order valence-electron chi connectivity index (χ0n) is 10.7. The summed E-state index contributed by atoms with van der Waals surface area (Å²) in [7, 11) is 0. The third kappa shape index (κ3) is 2.67. The standard InChI is InChI=1S/C14H13Cl2N3O/c15-11-2-1-9(7-12(11)16)13-8-14(18-17-13)19-5-3-10(20)4-6-19/h1-2,7-8H,3-6H2,(H,17,18). The molecule has 2 aromatic rings. The molecule has 2 heterocycles. The number of nitrogens with one attached hydrogen (secondary N) is 1. The minimum atomic E-state index is 0.321. The molecule has 0 atom stereocenters. The van der Waals surface area contributed by atoms with Crippen molar-refractivity contribution >= 4 is 34.8 Å². The van der Waals surface area contributed by atoms with Crippen LogP contribution in [-0.4, -0.2) is 29.1 Å². The van der Waals surface area contributed by atoms with Crippen molar-refractivity contribution in [3.8, 4) is 11.3 Å². The fraction of sp³-hybridized carbons (Fsp3) is 0.286. The van der Waals surface area contributed by atoms with E-state index < -0.39 is 0 Å². The lowest BCUT2D eigenvalue weighted by atomic mass is 10.1. The third-order valence-corrected chi connectivity index (χ3v) is 4.18. The molecule has 0 radical (unpaired) electrons. The Bertz CT molecular complexity index is 644. The molecule has 6 heteroatoms. The number of aromatic amines is 1. The van der Waals surface area contributed by atoms with Gasteiger partial charge in [0.1, 0.15) is 5.78 Å². The summed E-state index contributed by atoms with van der Waals surface area (Å²) >= 11 is 11.9. The first kappa shape index (κ1) is 13.5. The van der Waals surface area contributed by atoms with E-state index >= 15 is 0 Å². The molecule has 20 heavy (non-hydrogen) atoms. The van der Waals surface area contributed by atoms with Crippen molar-refractivity contribution in [1.82, 2.24) is 10.2 Å². The van der Waals surface area contributed by atoms with Gasteiger partial charge in [-0.25, -0.2) is 0 Å².